The van der Waals surface area contributed by atoms with E-state index in [9.17, 15) is 18.0 Å². The molecular formula is C23H29NO7S. The maximum atomic E-state index is 12.6. The number of esters is 1. The van der Waals surface area contributed by atoms with Gasteiger partial charge in [0.2, 0.25) is 0 Å². The van der Waals surface area contributed by atoms with Crippen molar-refractivity contribution in [2.45, 2.75) is 57.6 Å². The molecule has 0 saturated heterocycles. The summed E-state index contributed by atoms with van der Waals surface area (Å²) in [5.74, 6) is -0.532. The van der Waals surface area contributed by atoms with Crippen LogP contribution in [-0.2, 0) is 30.0 Å². The van der Waals surface area contributed by atoms with Crippen LogP contribution in [0.4, 0.5) is 4.79 Å². The lowest BCUT2D eigenvalue weighted by Gasteiger charge is -2.30. The third kappa shape index (κ3) is 7.26. The summed E-state index contributed by atoms with van der Waals surface area (Å²) in [5, 5.41) is 2.59. The number of nitrogens with one attached hydrogen (secondary N) is 1. The van der Waals surface area contributed by atoms with Crippen LogP contribution in [-0.4, -0.2) is 32.6 Å². The molecule has 0 fully saturated rings. The standard InChI is InChI=1S/C23H29NO7S/c1-16-10-12-20(13-11-16)32(27,28)31-19-9-7-8-18(14-19)23(6,29-17(2)25)15-24-21(26)30-22(3,4)5/h7-14H,15H2,1-6H3,(H,24,26). The van der Waals surface area contributed by atoms with E-state index in [4.69, 9.17) is 13.7 Å². The van der Waals surface area contributed by atoms with E-state index in [-0.39, 0.29) is 17.2 Å². The van der Waals surface area contributed by atoms with Crippen LogP contribution < -0.4 is 9.50 Å². The van der Waals surface area contributed by atoms with E-state index >= 15 is 0 Å². The van der Waals surface area contributed by atoms with E-state index in [1.807, 2.05) is 6.92 Å². The number of aryl methyl sites for hydroxylation is 1. The Morgan fingerprint density at radius 3 is 2.16 bits per heavy atom. The first-order chi connectivity index (χ1) is 14.7. The van der Waals surface area contributed by atoms with Gasteiger partial charge in [-0.15, -0.1) is 0 Å². The highest BCUT2D eigenvalue weighted by Crippen LogP contribution is 2.29. The lowest BCUT2D eigenvalue weighted by atomic mass is 9.95. The molecule has 1 N–H and O–H groups in total. The van der Waals surface area contributed by atoms with E-state index in [1.54, 1.807) is 52.0 Å². The van der Waals surface area contributed by atoms with Crippen LogP contribution in [0, 0.1) is 6.92 Å². The highest BCUT2D eigenvalue weighted by Gasteiger charge is 2.32. The van der Waals surface area contributed by atoms with Gasteiger partial charge >= 0.3 is 22.2 Å². The Bertz CT molecular complexity index is 1070. The molecular weight excluding hydrogens is 434 g/mol. The van der Waals surface area contributed by atoms with Crippen LogP contribution in [0.5, 0.6) is 5.75 Å². The fraction of sp³-hybridized carbons (Fsp3) is 0.391. The van der Waals surface area contributed by atoms with Crippen LogP contribution in [0.2, 0.25) is 0 Å². The molecule has 2 aromatic rings. The zero-order chi connectivity index (χ0) is 24.2. The molecule has 0 radical (unpaired) electrons. The monoisotopic (exact) mass is 463 g/mol. The summed E-state index contributed by atoms with van der Waals surface area (Å²) in [4.78, 5) is 23.8. The largest absolute Gasteiger partial charge is 0.453 e. The number of carbonyl (C=O) groups is 2. The molecule has 32 heavy (non-hydrogen) atoms. The quantitative estimate of drug-likeness (QED) is 0.487. The minimum Gasteiger partial charge on any atom is -0.453 e. The number of ether oxygens (including phenoxy) is 2. The van der Waals surface area contributed by atoms with E-state index in [0.717, 1.165) is 5.56 Å². The van der Waals surface area contributed by atoms with Gasteiger partial charge < -0.3 is 19.0 Å². The van der Waals surface area contributed by atoms with Gasteiger partial charge in [0.1, 0.15) is 16.2 Å². The maximum absolute atomic E-state index is 12.6. The van der Waals surface area contributed by atoms with E-state index < -0.39 is 33.4 Å². The first-order valence-electron chi connectivity index (χ1n) is 9.98. The summed E-state index contributed by atoms with van der Waals surface area (Å²) in [7, 11) is -4.06. The Kier molecular flexibility index (Phi) is 7.56. The zero-order valence-electron chi connectivity index (χ0n) is 19.1. The molecule has 0 aliphatic rings. The van der Waals surface area contributed by atoms with Crippen molar-refractivity contribution in [3.8, 4) is 5.75 Å². The number of benzene rings is 2. The topological polar surface area (TPSA) is 108 Å². The van der Waals surface area contributed by atoms with Gasteiger partial charge in [0.15, 0.2) is 5.60 Å². The number of hydrogen-bond donors (Lipinski definition) is 1. The average Bonchev–Trinajstić information content (AvgIpc) is 2.65. The predicted molar refractivity (Wildman–Crippen MR) is 119 cm³/mol. The summed E-state index contributed by atoms with van der Waals surface area (Å²) in [6.07, 6.45) is -0.676. The van der Waals surface area contributed by atoms with E-state index in [2.05, 4.69) is 5.32 Å². The zero-order valence-corrected chi connectivity index (χ0v) is 19.9. The summed E-state index contributed by atoms with van der Waals surface area (Å²) >= 11 is 0. The number of alkyl carbamates (subject to hydrolysis) is 1. The van der Waals surface area contributed by atoms with Crippen molar-refractivity contribution in [1.82, 2.24) is 5.32 Å². The molecule has 0 spiro atoms. The lowest BCUT2D eigenvalue weighted by Crippen LogP contribution is -2.43. The van der Waals surface area contributed by atoms with Crippen molar-refractivity contribution in [2.24, 2.45) is 0 Å². The van der Waals surface area contributed by atoms with Gasteiger partial charge in [-0.1, -0.05) is 29.8 Å². The van der Waals surface area contributed by atoms with Crippen molar-refractivity contribution in [3.05, 3.63) is 59.7 Å². The van der Waals surface area contributed by atoms with E-state index in [0.29, 0.717) is 5.56 Å². The van der Waals surface area contributed by atoms with Crippen molar-refractivity contribution < 1.29 is 31.7 Å². The van der Waals surface area contributed by atoms with Gasteiger partial charge in [-0.3, -0.25) is 4.79 Å². The van der Waals surface area contributed by atoms with Crippen molar-refractivity contribution in [3.63, 3.8) is 0 Å². The van der Waals surface area contributed by atoms with Crippen molar-refractivity contribution in [1.29, 1.82) is 0 Å². The molecule has 0 aromatic heterocycles. The molecule has 174 valence electrons. The van der Waals surface area contributed by atoms with Gasteiger partial charge in [0, 0.05) is 12.5 Å². The van der Waals surface area contributed by atoms with E-state index in [1.165, 1.54) is 31.2 Å². The average molecular weight is 464 g/mol. The third-order valence-electron chi connectivity index (χ3n) is 4.30. The van der Waals surface area contributed by atoms with Crippen LogP contribution in [0.25, 0.3) is 0 Å². The fourth-order valence-corrected chi connectivity index (χ4v) is 3.75. The number of amides is 1. The molecule has 2 aromatic carbocycles. The summed E-state index contributed by atoms with van der Waals surface area (Å²) in [6, 6.07) is 12.4. The van der Waals surface area contributed by atoms with Gasteiger partial charge in [0.05, 0.1) is 6.54 Å². The SMILES string of the molecule is CC(=O)OC(C)(CNC(=O)OC(C)(C)C)c1cccc(OS(=O)(=O)c2ccc(C)cc2)c1. The maximum Gasteiger partial charge on any atom is 0.407 e. The Morgan fingerprint density at radius 2 is 1.59 bits per heavy atom. The Labute approximate surface area is 189 Å². The highest BCUT2D eigenvalue weighted by molar-refractivity contribution is 7.87. The first kappa shape index (κ1) is 25.2. The summed E-state index contributed by atoms with van der Waals surface area (Å²) in [5.41, 5.74) is -0.642. The Balaban J connectivity index is 2.28. The second-order valence-electron chi connectivity index (χ2n) is 8.56. The van der Waals surface area contributed by atoms with Gasteiger partial charge in [-0.25, -0.2) is 4.79 Å². The number of hydrogen-bond acceptors (Lipinski definition) is 7. The molecule has 1 atom stereocenters. The number of carbonyl (C=O) groups excluding carboxylic acids is 2. The molecule has 2 rings (SSSR count). The van der Waals surface area contributed by atoms with Crippen LogP contribution in [0.3, 0.4) is 0 Å². The minimum absolute atomic E-state index is 0.0165. The summed E-state index contributed by atoms with van der Waals surface area (Å²) in [6.45, 7) is 9.78. The highest BCUT2D eigenvalue weighted by atomic mass is 32.2. The Hall–Kier alpha value is -3.07. The molecule has 0 saturated carbocycles. The lowest BCUT2D eigenvalue weighted by molar-refractivity contribution is -0.156. The minimum atomic E-state index is -4.06. The van der Waals surface area contributed by atoms with Crippen molar-refractivity contribution in [2.75, 3.05) is 6.54 Å². The van der Waals surface area contributed by atoms with Crippen LogP contribution >= 0.6 is 0 Å². The molecule has 9 heteroatoms. The van der Waals surface area contributed by atoms with Crippen molar-refractivity contribution >= 4 is 22.2 Å². The molecule has 1 unspecified atom stereocenters. The normalized spacial score (nSPS) is 13.6. The van der Waals surface area contributed by atoms with Crippen LogP contribution in [0.15, 0.2) is 53.4 Å². The molecule has 8 nitrogen and oxygen atoms in total. The Morgan fingerprint density at radius 1 is 0.969 bits per heavy atom. The second kappa shape index (κ2) is 9.60. The number of rotatable bonds is 7. The third-order valence-corrected chi connectivity index (χ3v) is 5.56. The molecule has 1 amide bonds. The van der Waals surface area contributed by atoms with Crippen LogP contribution in [0.1, 0.15) is 45.7 Å². The first-order valence-corrected chi connectivity index (χ1v) is 11.4. The predicted octanol–water partition coefficient (Wildman–Crippen LogP) is 4.07. The second-order valence-corrected chi connectivity index (χ2v) is 10.1. The van der Waals surface area contributed by atoms with Gasteiger partial charge in [0.25, 0.3) is 0 Å². The fourth-order valence-electron chi connectivity index (χ4n) is 2.83. The molecule has 0 heterocycles. The van der Waals surface area contributed by atoms with Gasteiger partial charge in [-0.05, 0) is 58.9 Å². The molecule has 0 bridgehead atoms. The van der Waals surface area contributed by atoms with Gasteiger partial charge in [-0.2, -0.15) is 8.42 Å². The smallest absolute Gasteiger partial charge is 0.407 e. The summed E-state index contributed by atoms with van der Waals surface area (Å²) < 4.78 is 41.2. The molecule has 0 aliphatic heterocycles. The molecule has 0 aliphatic carbocycles.